The van der Waals surface area contributed by atoms with Crippen molar-refractivity contribution in [3.8, 4) is 0 Å². The first kappa shape index (κ1) is 20.6. The maximum atomic E-state index is 12.8. The molecule has 0 aliphatic carbocycles. The number of halogens is 4. The minimum Gasteiger partial charge on any atom is -0.342 e. The summed E-state index contributed by atoms with van der Waals surface area (Å²) in [7, 11) is -3.73. The number of piperidine rings is 1. The Hall–Kier alpha value is -1.13. The fourth-order valence-electron chi connectivity index (χ4n) is 3.63. The molecule has 2 fully saturated rings. The first-order chi connectivity index (χ1) is 12.6. The number of rotatable bonds is 3. The van der Waals surface area contributed by atoms with Gasteiger partial charge in [-0.2, -0.15) is 17.5 Å². The van der Waals surface area contributed by atoms with Gasteiger partial charge in [-0.15, -0.1) is 0 Å². The topological polar surface area (TPSA) is 57.7 Å². The third-order valence-electron chi connectivity index (χ3n) is 5.22. The van der Waals surface area contributed by atoms with Crippen molar-refractivity contribution in [1.82, 2.24) is 9.21 Å². The van der Waals surface area contributed by atoms with E-state index in [4.69, 9.17) is 0 Å². The van der Waals surface area contributed by atoms with Gasteiger partial charge in [-0.25, -0.2) is 8.42 Å². The van der Waals surface area contributed by atoms with Gasteiger partial charge < -0.3 is 4.90 Å². The van der Waals surface area contributed by atoms with E-state index in [0.29, 0.717) is 10.9 Å². The molecule has 1 atom stereocenters. The molecule has 0 aromatic heterocycles. The van der Waals surface area contributed by atoms with Crippen LogP contribution in [0.15, 0.2) is 33.6 Å². The molecule has 2 aliphatic rings. The van der Waals surface area contributed by atoms with Crippen molar-refractivity contribution in [3.63, 3.8) is 0 Å². The highest BCUT2D eigenvalue weighted by molar-refractivity contribution is 9.10. The van der Waals surface area contributed by atoms with Crippen LogP contribution in [0, 0.1) is 11.8 Å². The van der Waals surface area contributed by atoms with Gasteiger partial charge in [-0.3, -0.25) is 4.79 Å². The number of alkyl halides is 3. The number of hydrogen-bond donors (Lipinski definition) is 0. The summed E-state index contributed by atoms with van der Waals surface area (Å²) >= 11 is 3.23. The SMILES string of the molecule is O=C(C1CCN(S(=O)(=O)c2ccccc2Br)C1)N1CCC(C(F)(F)F)CC1. The lowest BCUT2D eigenvalue weighted by atomic mass is 9.95. The van der Waals surface area contributed by atoms with Crippen molar-refractivity contribution in [3.05, 3.63) is 28.7 Å². The van der Waals surface area contributed by atoms with E-state index in [1.807, 2.05) is 0 Å². The second-order valence-corrected chi connectivity index (χ2v) is 9.68. The molecule has 1 unspecified atom stereocenters. The van der Waals surface area contributed by atoms with Crippen molar-refractivity contribution >= 4 is 31.9 Å². The average molecular weight is 469 g/mol. The van der Waals surface area contributed by atoms with E-state index in [1.54, 1.807) is 18.2 Å². The zero-order chi connectivity index (χ0) is 19.8. The molecule has 0 saturated carbocycles. The molecule has 10 heteroatoms. The van der Waals surface area contributed by atoms with E-state index in [-0.39, 0.29) is 49.8 Å². The molecular formula is C17H20BrF3N2O3S. The first-order valence-corrected chi connectivity index (χ1v) is 10.9. The molecule has 0 N–H and O–H groups in total. The lowest BCUT2D eigenvalue weighted by Gasteiger charge is -2.34. The van der Waals surface area contributed by atoms with Crippen LogP contribution in [-0.4, -0.2) is 55.9 Å². The summed E-state index contributed by atoms with van der Waals surface area (Å²) in [6, 6.07) is 6.47. The van der Waals surface area contributed by atoms with Crippen LogP contribution in [0.5, 0.6) is 0 Å². The van der Waals surface area contributed by atoms with Gasteiger partial charge in [0, 0.05) is 30.7 Å². The van der Waals surface area contributed by atoms with Crippen LogP contribution in [0.3, 0.4) is 0 Å². The van der Waals surface area contributed by atoms with Crippen molar-refractivity contribution < 1.29 is 26.4 Å². The molecule has 2 aliphatic heterocycles. The Balaban J connectivity index is 1.63. The predicted molar refractivity (Wildman–Crippen MR) is 96.4 cm³/mol. The van der Waals surface area contributed by atoms with Gasteiger partial charge >= 0.3 is 6.18 Å². The van der Waals surface area contributed by atoms with Gasteiger partial charge in [0.1, 0.15) is 0 Å². The van der Waals surface area contributed by atoms with E-state index in [9.17, 15) is 26.4 Å². The third-order valence-corrected chi connectivity index (χ3v) is 8.10. The fraction of sp³-hybridized carbons (Fsp3) is 0.588. The zero-order valence-electron chi connectivity index (χ0n) is 14.5. The summed E-state index contributed by atoms with van der Waals surface area (Å²) in [5.41, 5.74) is 0. The Bertz CT molecular complexity index is 808. The van der Waals surface area contributed by atoms with Crippen LogP contribution in [0.25, 0.3) is 0 Å². The maximum Gasteiger partial charge on any atom is 0.391 e. The Morgan fingerprint density at radius 1 is 1.07 bits per heavy atom. The minimum atomic E-state index is -4.23. The lowest BCUT2D eigenvalue weighted by Crippen LogP contribution is -2.45. The number of hydrogen-bond acceptors (Lipinski definition) is 3. The number of carbonyl (C=O) groups excluding carboxylic acids is 1. The molecule has 27 heavy (non-hydrogen) atoms. The maximum absolute atomic E-state index is 12.8. The summed E-state index contributed by atoms with van der Waals surface area (Å²) in [5, 5.41) is 0. The highest BCUT2D eigenvalue weighted by Gasteiger charge is 2.43. The summed E-state index contributed by atoms with van der Waals surface area (Å²) < 4.78 is 65.6. The third kappa shape index (κ3) is 4.32. The van der Waals surface area contributed by atoms with E-state index in [2.05, 4.69) is 15.9 Å². The summed E-state index contributed by atoms with van der Waals surface area (Å²) in [6.07, 6.45) is -4.04. The number of benzene rings is 1. The van der Waals surface area contributed by atoms with Crippen LogP contribution in [0.4, 0.5) is 13.2 Å². The van der Waals surface area contributed by atoms with Crippen molar-refractivity contribution in [2.45, 2.75) is 30.3 Å². The molecule has 0 spiro atoms. The smallest absolute Gasteiger partial charge is 0.342 e. The number of likely N-dealkylation sites (tertiary alicyclic amines) is 1. The molecular weight excluding hydrogens is 449 g/mol. The minimum absolute atomic E-state index is 0.0572. The van der Waals surface area contributed by atoms with Gasteiger partial charge in [0.15, 0.2) is 0 Å². The Morgan fingerprint density at radius 3 is 2.30 bits per heavy atom. The Labute approximate surface area is 164 Å². The van der Waals surface area contributed by atoms with Gasteiger partial charge in [0.05, 0.1) is 16.7 Å². The van der Waals surface area contributed by atoms with Crippen LogP contribution in [0.2, 0.25) is 0 Å². The van der Waals surface area contributed by atoms with Crippen LogP contribution in [-0.2, 0) is 14.8 Å². The molecule has 2 heterocycles. The predicted octanol–water partition coefficient (Wildman–Crippen LogP) is 3.26. The molecule has 1 aromatic carbocycles. The summed E-state index contributed by atoms with van der Waals surface area (Å²) in [6.45, 7) is 0.410. The second kappa shape index (κ2) is 7.71. The molecule has 1 aromatic rings. The standard InChI is InChI=1S/C17H20BrF3N2O3S/c18-14-3-1-2-4-15(14)27(25,26)23-10-5-12(11-23)16(24)22-8-6-13(7-9-22)17(19,20)21/h1-4,12-13H,5-11H2. The van der Waals surface area contributed by atoms with Gasteiger partial charge in [0.2, 0.25) is 15.9 Å². The highest BCUT2D eigenvalue weighted by Crippen LogP contribution is 2.35. The van der Waals surface area contributed by atoms with E-state index < -0.39 is 28.0 Å². The summed E-state index contributed by atoms with van der Waals surface area (Å²) in [5.74, 6) is -2.12. The number of carbonyl (C=O) groups is 1. The Morgan fingerprint density at radius 2 is 1.70 bits per heavy atom. The quantitative estimate of drug-likeness (QED) is 0.683. The van der Waals surface area contributed by atoms with Crippen molar-refractivity contribution in [1.29, 1.82) is 0 Å². The zero-order valence-corrected chi connectivity index (χ0v) is 16.9. The summed E-state index contributed by atoms with van der Waals surface area (Å²) in [4.78, 5) is 14.2. The number of sulfonamides is 1. The number of nitrogens with zero attached hydrogens (tertiary/aromatic N) is 2. The molecule has 150 valence electrons. The van der Waals surface area contributed by atoms with Gasteiger partial charge in [-0.05, 0) is 47.3 Å². The lowest BCUT2D eigenvalue weighted by molar-refractivity contribution is -0.186. The van der Waals surface area contributed by atoms with Crippen molar-refractivity contribution in [2.24, 2.45) is 11.8 Å². The van der Waals surface area contributed by atoms with E-state index >= 15 is 0 Å². The molecule has 2 saturated heterocycles. The first-order valence-electron chi connectivity index (χ1n) is 8.71. The molecule has 1 amide bonds. The average Bonchev–Trinajstić information content (AvgIpc) is 3.11. The van der Waals surface area contributed by atoms with Gasteiger partial charge in [-0.1, -0.05) is 12.1 Å². The Kier molecular flexibility index (Phi) is 5.88. The highest BCUT2D eigenvalue weighted by atomic mass is 79.9. The fourth-order valence-corrected chi connectivity index (χ4v) is 6.09. The molecule has 0 bridgehead atoms. The monoisotopic (exact) mass is 468 g/mol. The van der Waals surface area contributed by atoms with Crippen LogP contribution in [0.1, 0.15) is 19.3 Å². The largest absolute Gasteiger partial charge is 0.391 e. The van der Waals surface area contributed by atoms with Crippen LogP contribution < -0.4 is 0 Å². The normalized spacial score (nSPS) is 23.0. The van der Waals surface area contributed by atoms with Gasteiger partial charge in [0.25, 0.3) is 0 Å². The van der Waals surface area contributed by atoms with Crippen LogP contribution >= 0.6 is 15.9 Å². The van der Waals surface area contributed by atoms with E-state index in [1.165, 1.54) is 15.3 Å². The molecule has 5 nitrogen and oxygen atoms in total. The second-order valence-electron chi connectivity index (χ2n) is 6.92. The molecule has 3 rings (SSSR count). The number of amides is 1. The molecule has 0 radical (unpaired) electrons. The van der Waals surface area contributed by atoms with E-state index in [0.717, 1.165) is 0 Å². The van der Waals surface area contributed by atoms with Crippen molar-refractivity contribution in [2.75, 3.05) is 26.2 Å².